The van der Waals surface area contributed by atoms with Crippen molar-refractivity contribution in [3.05, 3.63) is 59.2 Å². The van der Waals surface area contributed by atoms with Crippen LogP contribution in [0.3, 0.4) is 0 Å². The third kappa shape index (κ3) is 3.27. The summed E-state index contributed by atoms with van der Waals surface area (Å²) < 4.78 is 5.93. The molecule has 0 radical (unpaired) electrons. The van der Waals surface area contributed by atoms with Crippen LogP contribution in [0.25, 0.3) is 0 Å². The predicted molar refractivity (Wildman–Crippen MR) is 81.8 cm³/mol. The van der Waals surface area contributed by atoms with Gasteiger partial charge in [-0.05, 0) is 41.7 Å². The lowest BCUT2D eigenvalue weighted by Gasteiger charge is -2.20. The summed E-state index contributed by atoms with van der Waals surface area (Å²) in [6.45, 7) is 8.48. The number of rotatable bonds is 3. The molecule has 0 unspecified atom stereocenters. The van der Waals surface area contributed by atoms with Crippen LogP contribution in [0, 0.1) is 6.92 Å². The van der Waals surface area contributed by atoms with Crippen molar-refractivity contribution in [1.82, 2.24) is 0 Å². The van der Waals surface area contributed by atoms with Crippen molar-refractivity contribution >= 4 is 6.29 Å². The third-order valence-corrected chi connectivity index (χ3v) is 3.28. The molecule has 2 heteroatoms. The Bertz CT molecular complexity index is 622. The maximum atomic E-state index is 10.9. The zero-order valence-electron chi connectivity index (χ0n) is 12.4. The minimum absolute atomic E-state index is 0.0824. The molecule has 0 aliphatic carbocycles. The van der Waals surface area contributed by atoms with E-state index in [-0.39, 0.29) is 5.41 Å². The molecule has 104 valence electrons. The lowest BCUT2D eigenvalue weighted by atomic mass is 9.87. The van der Waals surface area contributed by atoms with E-state index in [4.69, 9.17) is 4.74 Å². The van der Waals surface area contributed by atoms with Gasteiger partial charge in [-0.1, -0.05) is 45.0 Å². The zero-order chi connectivity index (χ0) is 14.8. The number of aryl methyl sites for hydroxylation is 1. The van der Waals surface area contributed by atoms with Crippen molar-refractivity contribution in [2.75, 3.05) is 0 Å². The van der Waals surface area contributed by atoms with E-state index in [1.807, 2.05) is 31.2 Å². The third-order valence-electron chi connectivity index (χ3n) is 3.28. The van der Waals surface area contributed by atoms with Crippen LogP contribution < -0.4 is 4.74 Å². The smallest absolute Gasteiger partial charge is 0.150 e. The molecule has 2 rings (SSSR count). The van der Waals surface area contributed by atoms with Crippen LogP contribution in [-0.2, 0) is 5.41 Å². The first-order valence-electron chi connectivity index (χ1n) is 6.74. The Hall–Kier alpha value is -2.09. The van der Waals surface area contributed by atoms with Crippen LogP contribution in [0.5, 0.6) is 11.5 Å². The molecule has 0 aromatic heterocycles. The molecular weight excluding hydrogens is 248 g/mol. The second-order valence-corrected chi connectivity index (χ2v) is 6.02. The van der Waals surface area contributed by atoms with Crippen molar-refractivity contribution in [1.29, 1.82) is 0 Å². The van der Waals surface area contributed by atoms with Crippen molar-refractivity contribution in [3.8, 4) is 11.5 Å². The molecule has 0 heterocycles. The fraction of sp³-hybridized carbons (Fsp3) is 0.278. The predicted octanol–water partition coefficient (Wildman–Crippen LogP) is 4.90. The van der Waals surface area contributed by atoms with Gasteiger partial charge in [-0.3, -0.25) is 4.79 Å². The highest BCUT2D eigenvalue weighted by Crippen LogP contribution is 2.30. The monoisotopic (exact) mass is 268 g/mol. The van der Waals surface area contributed by atoms with E-state index in [2.05, 4.69) is 26.8 Å². The number of ether oxygens (including phenoxy) is 1. The van der Waals surface area contributed by atoms with Crippen LogP contribution in [0.15, 0.2) is 42.5 Å². The van der Waals surface area contributed by atoms with Crippen LogP contribution in [0.4, 0.5) is 0 Å². The van der Waals surface area contributed by atoms with Gasteiger partial charge in [0.15, 0.2) is 0 Å². The van der Waals surface area contributed by atoms with Crippen LogP contribution >= 0.6 is 0 Å². The first-order chi connectivity index (χ1) is 9.40. The molecule has 0 saturated carbocycles. The number of hydrogen-bond acceptors (Lipinski definition) is 2. The van der Waals surface area contributed by atoms with E-state index in [1.165, 1.54) is 5.56 Å². The second kappa shape index (κ2) is 5.49. The van der Waals surface area contributed by atoms with E-state index >= 15 is 0 Å². The number of aldehydes is 1. The molecular formula is C18H20O2. The quantitative estimate of drug-likeness (QED) is 0.740. The summed E-state index contributed by atoms with van der Waals surface area (Å²) in [5.74, 6) is 1.52. The van der Waals surface area contributed by atoms with E-state index in [0.717, 1.165) is 23.3 Å². The molecule has 0 atom stereocenters. The van der Waals surface area contributed by atoms with Gasteiger partial charge in [-0.25, -0.2) is 0 Å². The lowest BCUT2D eigenvalue weighted by molar-refractivity contribution is 0.112. The maximum absolute atomic E-state index is 10.9. The van der Waals surface area contributed by atoms with Crippen molar-refractivity contribution < 1.29 is 9.53 Å². The molecule has 2 aromatic rings. The molecule has 0 fully saturated rings. The summed E-state index contributed by atoms with van der Waals surface area (Å²) in [5, 5.41) is 0. The minimum atomic E-state index is 0.0824. The Labute approximate surface area is 120 Å². The van der Waals surface area contributed by atoms with E-state index in [1.54, 1.807) is 12.1 Å². The molecule has 0 N–H and O–H groups in total. The molecule has 2 aromatic carbocycles. The first-order valence-corrected chi connectivity index (χ1v) is 6.74. The Morgan fingerprint density at radius 2 is 1.80 bits per heavy atom. The number of carbonyl (C=O) groups is 1. The molecule has 0 amide bonds. The van der Waals surface area contributed by atoms with Gasteiger partial charge >= 0.3 is 0 Å². The van der Waals surface area contributed by atoms with Gasteiger partial charge in [0.05, 0.1) is 0 Å². The maximum Gasteiger partial charge on any atom is 0.150 e. The van der Waals surface area contributed by atoms with Gasteiger partial charge in [0.25, 0.3) is 0 Å². The molecule has 0 aliphatic heterocycles. The molecule has 0 saturated heterocycles. The van der Waals surface area contributed by atoms with E-state index in [0.29, 0.717) is 5.56 Å². The largest absolute Gasteiger partial charge is 0.457 e. The second-order valence-electron chi connectivity index (χ2n) is 6.02. The fourth-order valence-electron chi connectivity index (χ4n) is 1.95. The normalized spacial score (nSPS) is 11.2. The molecule has 20 heavy (non-hydrogen) atoms. The SMILES string of the molecule is Cc1ccc(C=O)cc1Oc1cccc(C(C)(C)C)c1. The van der Waals surface area contributed by atoms with Gasteiger partial charge in [-0.15, -0.1) is 0 Å². The summed E-state index contributed by atoms with van der Waals surface area (Å²) in [6.07, 6.45) is 0.831. The van der Waals surface area contributed by atoms with Gasteiger partial charge in [0, 0.05) is 5.56 Å². The Kier molecular flexibility index (Phi) is 3.93. The highest BCUT2D eigenvalue weighted by Gasteiger charge is 2.14. The number of benzene rings is 2. The Morgan fingerprint density at radius 1 is 1.05 bits per heavy atom. The van der Waals surface area contributed by atoms with Crippen molar-refractivity contribution in [3.63, 3.8) is 0 Å². The molecule has 0 bridgehead atoms. The number of hydrogen-bond donors (Lipinski definition) is 0. The van der Waals surface area contributed by atoms with E-state index < -0.39 is 0 Å². The molecule has 0 aliphatic rings. The first kappa shape index (κ1) is 14.3. The van der Waals surface area contributed by atoms with E-state index in [9.17, 15) is 4.79 Å². The zero-order valence-corrected chi connectivity index (χ0v) is 12.4. The Morgan fingerprint density at radius 3 is 2.45 bits per heavy atom. The standard InChI is InChI=1S/C18H20O2/c1-13-8-9-14(12-19)10-17(13)20-16-7-5-6-15(11-16)18(2,3)4/h5-12H,1-4H3. The average Bonchev–Trinajstić information content (AvgIpc) is 2.41. The summed E-state index contributed by atoms with van der Waals surface area (Å²) in [6, 6.07) is 13.5. The van der Waals surface area contributed by atoms with Gasteiger partial charge in [0.1, 0.15) is 17.8 Å². The molecule has 0 spiro atoms. The van der Waals surface area contributed by atoms with Crippen LogP contribution in [0.1, 0.15) is 42.3 Å². The summed E-state index contributed by atoms with van der Waals surface area (Å²) in [4.78, 5) is 10.9. The highest BCUT2D eigenvalue weighted by molar-refractivity contribution is 5.76. The summed E-state index contributed by atoms with van der Waals surface area (Å²) in [7, 11) is 0. The molecule has 2 nitrogen and oxygen atoms in total. The van der Waals surface area contributed by atoms with Gasteiger partial charge < -0.3 is 4.74 Å². The number of carbonyl (C=O) groups excluding carboxylic acids is 1. The van der Waals surface area contributed by atoms with Crippen molar-refractivity contribution in [2.45, 2.75) is 33.1 Å². The van der Waals surface area contributed by atoms with Gasteiger partial charge in [-0.2, -0.15) is 0 Å². The summed E-state index contributed by atoms with van der Waals surface area (Å²) in [5.41, 5.74) is 2.94. The summed E-state index contributed by atoms with van der Waals surface area (Å²) >= 11 is 0. The van der Waals surface area contributed by atoms with Crippen LogP contribution in [0.2, 0.25) is 0 Å². The lowest BCUT2D eigenvalue weighted by Crippen LogP contribution is -2.10. The minimum Gasteiger partial charge on any atom is -0.457 e. The topological polar surface area (TPSA) is 26.3 Å². The average molecular weight is 268 g/mol. The van der Waals surface area contributed by atoms with Crippen LogP contribution in [-0.4, -0.2) is 6.29 Å². The van der Waals surface area contributed by atoms with Gasteiger partial charge in [0.2, 0.25) is 0 Å². The fourth-order valence-corrected chi connectivity index (χ4v) is 1.95. The Balaban J connectivity index is 2.33. The van der Waals surface area contributed by atoms with Crippen molar-refractivity contribution in [2.24, 2.45) is 0 Å². The highest BCUT2D eigenvalue weighted by atomic mass is 16.5.